The highest BCUT2D eigenvalue weighted by Gasteiger charge is 2.19. The average Bonchev–Trinajstić information content (AvgIpc) is 3.35. The van der Waals surface area contributed by atoms with Gasteiger partial charge < -0.3 is 14.2 Å². The minimum Gasteiger partial charge on any atom is -0.462 e. The third kappa shape index (κ3) is 54.4. The molecule has 69 heavy (non-hydrogen) atoms. The number of ether oxygens (including phenoxy) is 3. The molecule has 0 fully saturated rings. The monoisotopic (exact) mass is 953 g/mol. The summed E-state index contributed by atoms with van der Waals surface area (Å²) in [5.74, 6) is -0.996. The summed E-state index contributed by atoms with van der Waals surface area (Å²) in [7, 11) is 0. The fourth-order valence-corrected chi connectivity index (χ4v) is 7.00. The third-order valence-corrected chi connectivity index (χ3v) is 11.1. The van der Waals surface area contributed by atoms with Gasteiger partial charge in [0.25, 0.3) is 0 Å². The van der Waals surface area contributed by atoms with Crippen molar-refractivity contribution in [3.8, 4) is 0 Å². The average molecular weight is 953 g/mol. The second-order valence-electron chi connectivity index (χ2n) is 17.8. The Morgan fingerprint density at radius 2 is 0.580 bits per heavy atom. The largest absolute Gasteiger partial charge is 0.462 e. The van der Waals surface area contributed by atoms with Crippen molar-refractivity contribution in [3.05, 3.63) is 134 Å². The topological polar surface area (TPSA) is 78.9 Å². The first-order valence-corrected chi connectivity index (χ1v) is 27.7. The number of rotatable bonds is 48. The lowest BCUT2D eigenvalue weighted by molar-refractivity contribution is -0.167. The van der Waals surface area contributed by atoms with Crippen LogP contribution < -0.4 is 0 Å². The molecule has 0 aliphatic carbocycles. The minimum atomic E-state index is -0.806. The summed E-state index contributed by atoms with van der Waals surface area (Å²) in [6, 6.07) is 0. The van der Waals surface area contributed by atoms with Gasteiger partial charge in [0, 0.05) is 19.3 Å². The molecule has 0 saturated heterocycles. The van der Waals surface area contributed by atoms with Gasteiger partial charge >= 0.3 is 17.9 Å². The van der Waals surface area contributed by atoms with E-state index in [4.69, 9.17) is 14.2 Å². The van der Waals surface area contributed by atoms with Crippen molar-refractivity contribution in [1.82, 2.24) is 0 Å². The molecule has 0 bridgehead atoms. The lowest BCUT2D eigenvalue weighted by Crippen LogP contribution is -2.30. The molecule has 0 rings (SSSR count). The smallest absolute Gasteiger partial charge is 0.306 e. The Balaban J connectivity index is 4.26. The lowest BCUT2D eigenvalue weighted by atomic mass is 10.1. The Hall–Kier alpha value is -4.45. The van der Waals surface area contributed by atoms with Crippen LogP contribution in [0.2, 0.25) is 0 Å². The highest BCUT2D eigenvalue weighted by Crippen LogP contribution is 2.13. The van der Waals surface area contributed by atoms with Crippen LogP contribution in [0.1, 0.15) is 226 Å². The molecular formula is C63H100O6. The van der Waals surface area contributed by atoms with E-state index in [0.29, 0.717) is 19.3 Å². The SMILES string of the molecule is CC/C=C\C/C=C\C/C=C\C/C=C\C/C=C\C/C=C\C/C=C\C/C=C\C/C=C\CCCC(=O)OCC(COC(=O)CCCCCCC)OC(=O)CCCCCCCCC/C=C\C/C=C\CCCCC. The van der Waals surface area contributed by atoms with E-state index in [1.54, 1.807) is 0 Å². The number of carbonyl (C=O) groups excluding carboxylic acids is 3. The van der Waals surface area contributed by atoms with Crippen molar-refractivity contribution in [3.63, 3.8) is 0 Å². The van der Waals surface area contributed by atoms with Gasteiger partial charge in [-0.15, -0.1) is 0 Å². The zero-order valence-corrected chi connectivity index (χ0v) is 44.3. The first-order valence-electron chi connectivity index (χ1n) is 27.7. The van der Waals surface area contributed by atoms with Gasteiger partial charge in [-0.3, -0.25) is 14.4 Å². The van der Waals surface area contributed by atoms with Crippen LogP contribution in [-0.2, 0) is 28.6 Å². The summed E-state index contributed by atoms with van der Waals surface area (Å²) in [6.45, 7) is 6.34. The predicted molar refractivity (Wildman–Crippen MR) is 297 cm³/mol. The fraction of sp³-hybridized carbons (Fsp3) is 0.603. The van der Waals surface area contributed by atoms with Crippen molar-refractivity contribution in [2.75, 3.05) is 13.2 Å². The van der Waals surface area contributed by atoms with Crippen molar-refractivity contribution in [1.29, 1.82) is 0 Å². The Labute approximate surface area is 424 Å². The molecule has 1 unspecified atom stereocenters. The van der Waals surface area contributed by atoms with Gasteiger partial charge in [0.15, 0.2) is 6.10 Å². The molecule has 0 aromatic rings. The molecule has 0 saturated carbocycles. The van der Waals surface area contributed by atoms with Crippen LogP contribution >= 0.6 is 0 Å². The molecule has 6 heteroatoms. The molecule has 0 aromatic heterocycles. The summed E-state index contributed by atoms with van der Waals surface area (Å²) in [6.07, 6.45) is 79.2. The van der Waals surface area contributed by atoms with Gasteiger partial charge in [0.05, 0.1) is 0 Å². The molecule has 0 amide bonds. The first-order chi connectivity index (χ1) is 34.0. The van der Waals surface area contributed by atoms with Crippen molar-refractivity contribution < 1.29 is 28.6 Å². The van der Waals surface area contributed by atoms with Crippen molar-refractivity contribution in [2.24, 2.45) is 0 Å². The van der Waals surface area contributed by atoms with Crippen molar-refractivity contribution in [2.45, 2.75) is 232 Å². The van der Waals surface area contributed by atoms with Gasteiger partial charge in [-0.2, -0.15) is 0 Å². The van der Waals surface area contributed by atoms with Gasteiger partial charge in [-0.1, -0.05) is 225 Å². The maximum Gasteiger partial charge on any atom is 0.306 e. The van der Waals surface area contributed by atoms with Gasteiger partial charge in [-0.05, 0) is 116 Å². The van der Waals surface area contributed by atoms with E-state index in [0.717, 1.165) is 128 Å². The molecular weight excluding hydrogens is 853 g/mol. The van der Waals surface area contributed by atoms with E-state index >= 15 is 0 Å². The number of hydrogen-bond acceptors (Lipinski definition) is 6. The number of hydrogen-bond donors (Lipinski definition) is 0. The fourth-order valence-electron chi connectivity index (χ4n) is 7.00. The third-order valence-electron chi connectivity index (χ3n) is 11.1. The zero-order chi connectivity index (χ0) is 50.0. The Morgan fingerprint density at radius 1 is 0.304 bits per heavy atom. The number of esters is 3. The summed E-state index contributed by atoms with van der Waals surface area (Å²) >= 11 is 0. The summed E-state index contributed by atoms with van der Waals surface area (Å²) in [4.78, 5) is 37.7. The molecule has 0 aliphatic heterocycles. The Kier molecular flexibility index (Phi) is 52.5. The maximum atomic E-state index is 12.7. The predicted octanol–water partition coefficient (Wildman–Crippen LogP) is 18.6. The van der Waals surface area contributed by atoms with Gasteiger partial charge in [0.2, 0.25) is 0 Å². The molecule has 0 heterocycles. The maximum absolute atomic E-state index is 12.7. The zero-order valence-electron chi connectivity index (χ0n) is 44.3. The van der Waals surface area contributed by atoms with Gasteiger partial charge in [0.1, 0.15) is 13.2 Å². The second kappa shape index (κ2) is 56.1. The molecule has 388 valence electrons. The quantitative estimate of drug-likeness (QED) is 0.0262. The summed E-state index contributed by atoms with van der Waals surface area (Å²) in [5, 5.41) is 0. The van der Waals surface area contributed by atoms with Crippen LogP contribution in [0.3, 0.4) is 0 Å². The number of allylic oxidation sites excluding steroid dienone is 22. The summed E-state index contributed by atoms with van der Waals surface area (Å²) in [5.41, 5.74) is 0. The number of unbranched alkanes of at least 4 members (excludes halogenated alkanes) is 15. The van der Waals surface area contributed by atoms with Gasteiger partial charge in [-0.25, -0.2) is 0 Å². The molecule has 0 radical (unpaired) electrons. The van der Waals surface area contributed by atoms with Crippen molar-refractivity contribution >= 4 is 17.9 Å². The van der Waals surface area contributed by atoms with Crippen LogP contribution in [0.25, 0.3) is 0 Å². The van der Waals surface area contributed by atoms with Crippen LogP contribution in [0.4, 0.5) is 0 Å². The van der Waals surface area contributed by atoms with Crippen LogP contribution in [-0.4, -0.2) is 37.2 Å². The highest BCUT2D eigenvalue weighted by atomic mass is 16.6. The molecule has 6 nitrogen and oxygen atoms in total. The highest BCUT2D eigenvalue weighted by molar-refractivity contribution is 5.71. The van der Waals surface area contributed by atoms with Crippen LogP contribution in [0, 0.1) is 0 Å². The summed E-state index contributed by atoms with van der Waals surface area (Å²) < 4.78 is 16.6. The number of carbonyl (C=O) groups is 3. The molecule has 0 aromatic carbocycles. The standard InChI is InChI=1S/C63H100O6/c1-4-7-10-13-15-17-19-21-23-25-26-27-28-29-30-31-32-33-34-35-36-38-39-41-43-45-47-50-53-56-62(65)68-59-60(58-67-61(64)55-52-49-12-9-6-3)69-63(66)57-54-51-48-46-44-42-40-37-24-22-20-18-16-14-11-8-5-2/h7,10,15-18,21-24,26-27,29-30,32-33,35-36,39,41,45,47,60H,4-6,8-9,11-14,19-20,25,28,31,34,37-38,40,42-44,46,48-59H2,1-3H3/b10-7-,17-15-,18-16-,23-21-,24-22-,27-26-,30-29-,33-32-,36-35-,41-39-,47-45-. The van der Waals surface area contributed by atoms with Crippen LogP contribution in [0.5, 0.6) is 0 Å². The van der Waals surface area contributed by atoms with E-state index in [1.807, 2.05) is 0 Å². The van der Waals surface area contributed by atoms with E-state index < -0.39 is 6.10 Å². The lowest BCUT2D eigenvalue weighted by Gasteiger charge is -2.18. The molecule has 0 aliphatic rings. The molecule has 0 N–H and O–H groups in total. The van der Waals surface area contributed by atoms with Crippen LogP contribution in [0.15, 0.2) is 134 Å². The normalized spacial score (nSPS) is 13.1. The van der Waals surface area contributed by atoms with E-state index in [1.165, 1.54) is 51.4 Å². The molecule has 0 spiro atoms. The van der Waals surface area contributed by atoms with E-state index in [9.17, 15) is 14.4 Å². The van der Waals surface area contributed by atoms with E-state index in [2.05, 4.69) is 154 Å². The Bertz CT molecular complexity index is 1510. The molecule has 1 atom stereocenters. The van der Waals surface area contributed by atoms with E-state index in [-0.39, 0.29) is 37.5 Å². The minimum absolute atomic E-state index is 0.104. The first kappa shape index (κ1) is 64.5. The Morgan fingerprint density at radius 3 is 0.971 bits per heavy atom. The second-order valence-corrected chi connectivity index (χ2v) is 17.8.